The van der Waals surface area contributed by atoms with Crippen molar-refractivity contribution >= 4 is 17.6 Å². The minimum atomic E-state index is 0.424. The van der Waals surface area contributed by atoms with E-state index in [9.17, 15) is 0 Å². The molecule has 1 aromatic rings. The smallest absolute Gasteiger partial charge is 0.157 e. The molecule has 1 heterocycles. The van der Waals surface area contributed by atoms with Gasteiger partial charge in [0, 0.05) is 12.7 Å². The molecule has 6 heteroatoms. The molecular formula is C11H20N4OS. The van der Waals surface area contributed by atoms with E-state index in [0.717, 1.165) is 10.8 Å². The molecule has 1 aromatic heterocycles. The summed E-state index contributed by atoms with van der Waals surface area (Å²) in [7, 11) is 0. The lowest BCUT2D eigenvalue weighted by Gasteiger charge is -2.07. The van der Waals surface area contributed by atoms with Crippen LogP contribution in [0, 0.1) is 0 Å². The van der Waals surface area contributed by atoms with E-state index in [1.54, 1.807) is 11.8 Å². The van der Waals surface area contributed by atoms with E-state index in [2.05, 4.69) is 22.3 Å². The number of anilines is 1. The third-order valence-electron chi connectivity index (χ3n) is 2.08. The number of nitrogen functional groups attached to an aromatic ring is 1. The maximum absolute atomic E-state index is 5.38. The average molecular weight is 256 g/mol. The standard InChI is InChI=1S/C11H20N4OS/c1-3-5-6-17-11-7-9(15-12)13-10(14-11)8-16-4-2/h7H,3-6,8,12H2,1-2H3,(H,13,14,15). The van der Waals surface area contributed by atoms with Crippen LogP contribution in [0.15, 0.2) is 11.1 Å². The highest BCUT2D eigenvalue weighted by Gasteiger charge is 2.04. The first-order chi connectivity index (χ1) is 8.30. The molecular weight excluding hydrogens is 236 g/mol. The molecule has 17 heavy (non-hydrogen) atoms. The van der Waals surface area contributed by atoms with Gasteiger partial charge in [0.05, 0.1) is 0 Å². The monoisotopic (exact) mass is 256 g/mol. The van der Waals surface area contributed by atoms with Gasteiger partial charge in [-0.25, -0.2) is 15.8 Å². The van der Waals surface area contributed by atoms with Gasteiger partial charge in [-0.1, -0.05) is 13.3 Å². The van der Waals surface area contributed by atoms with Crippen molar-refractivity contribution in [3.8, 4) is 0 Å². The second-order valence-corrected chi connectivity index (χ2v) is 4.61. The van der Waals surface area contributed by atoms with Crippen LogP contribution < -0.4 is 11.3 Å². The van der Waals surface area contributed by atoms with Crippen LogP contribution in [0.1, 0.15) is 32.5 Å². The van der Waals surface area contributed by atoms with Gasteiger partial charge in [0.25, 0.3) is 0 Å². The van der Waals surface area contributed by atoms with E-state index in [-0.39, 0.29) is 0 Å². The molecule has 3 N–H and O–H groups in total. The van der Waals surface area contributed by atoms with Crippen LogP contribution in [-0.2, 0) is 11.3 Å². The first kappa shape index (κ1) is 14.2. The Morgan fingerprint density at radius 2 is 2.24 bits per heavy atom. The number of hydrogen-bond acceptors (Lipinski definition) is 6. The highest BCUT2D eigenvalue weighted by molar-refractivity contribution is 7.99. The van der Waals surface area contributed by atoms with E-state index >= 15 is 0 Å². The molecule has 1 rings (SSSR count). The van der Waals surface area contributed by atoms with Gasteiger partial charge in [0.2, 0.25) is 0 Å². The van der Waals surface area contributed by atoms with Crippen molar-refractivity contribution < 1.29 is 4.74 Å². The molecule has 0 spiro atoms. The van der Waals surface area contributed by atoms with E-state index in [1.807, 2.05) is 13.0 Å². The minimum absolute atomic E-state index is 0.424. The Morgan fingerprint density at radius 3 is 2.88 bits per heavy atom. The summed E-state index contributed by atoms with van der Waals surface area (Å²) in [4.78, 5) is 8.65. The van der Waals surface area contributed by atoms with E-state index in [1.165, 1.54) is 12.8 Å². The van der Waals surface area contributed by atoms with Gasteiger partial charge in [0.1, 0.15) is 17.5 Å². The van der Waals surface area contributed by atoms with Gasteiger partial charge in [-0.3, -0.25) is 0 Å². The summed E-state index contributed by atoms with van der Waals surface area (Å²) in [6.07, 6.45) is 2.37. The topological polar surface area (TPSA) is 73.1 Å². The normalized spacial score (nSPS) is 10.5. The summed E-state index contributed by atoms with van der Waals surface area (Å²) < 4.78 is 5.30. The molecule has 0 saturated carbocycles. The average Bonchev–Trinajstić information content (AvgIpc) is 2.36. The predicted molar refractivity (Wildman–Crippen MR) is 70.8 cm³/mol. The summed E-state index contributed by atoms with van der Waals surface area (Å²) in [5.74, 6) is 7.74. The number of hydrogen-bond donors (Lipinski definition) is 2. The lowest BCUT2D eigenvalue weighted by molar-refractivity contribution is 0.128. The third kappa shape index (κ3) is 5.34. The quantitative estimate of drug-likeness (QED) is 0.244. The van der Waals surface area contributed by atoms with Crippen molar-refractivity contribution in [1.82, 2.24) is 9.97 Å². The van der Waals surface area contributed by atoms with E-state index in [0.29, 0.717) is 24.9 Å². The highest BCUT2D eigenvalue weighted by Crippen LogP contribution is 2.19. The third-order valence-corrected chi connectivity index (χ3v) is 3.08. The zero-order valence-corrected chi connectivity index (χ0v) is 11.2. The van der Waals surface area contributed by atoms with Crippen LogP contribution in [0.3, 0.4) is 0 Å². The van der Waals surface area contributed by atoms with E-state index < -0.39 is 0 Å². The Morgan fingerprint density at radius 1 is 1.41 bits per heavy atom. The fourth-order valence-corrected chi connectivity index (χ4v) is 2.21. The van der Waals surface area contributed by atoms with Crippen LogP contribution in [0.4, 0.5) is 5.82 Å². The second-order valence-electron chi connectivity index (χ2n) is 3.49. The molecule has 0 atom stereocenters. The fraction of sp³-hybridized carbons (Fsp3) is 0.636. The lowest BCUT2D eigenvalue weighted by atomic mass is 10.4. The Labute approximate surface area is 107 Å². The van der Waals surface area contributed by atoms with Gasteiger partial charge in [0.15, 0.2) is 5.82 Å². The summed E-state index contributed by atoms with van der Waals surface area (Å²) in [6, 6.07) is 1.86. The Hall–Kier alpha value is -0.850. The molecule has 0 aliphatic carbocycles. The summed E-state index contributed by atoms with van der Waals surface area (Å²) in [5, 5.41) is 0.941. The largest absolute Gasteiger partial charge is 0.374 e. The number of nitrogens with zero attached hydrogens (tertiary/aromatic N) is 2. The SMILES string of the molecule is CCCCSc1cc(NN)nc(COCC)n1. The van der Waals surface area contributed by atoms with Crippen LogP contribution in [0.2, 0.25) is 0 Å². The van der Waals surface area contributed by atoms with Gasteiger partial charge >= 0.3 is 0 Å². The highest BCUT2D eigenvalue weighted by atomic mass is 32.2. The first-order valence-electron chi connectivity index (χ1n) is 5.85. The van der Waals surface area contributed by atoms with Gasteiger partial charge in [-0.05, 0) is 19.1 Å². The molecule has 0 radical (unpaired) electrons. The molecule has 0 aliphatic rings. The van der Waals surface area contributed by atoms with E-state index in [4.69, 9.17) is 10.6 Å². The van der Waals surface area contributed by atoms with Crippen LogP contribution in [0.25, 0.3) is 0 Å². The number of nitrogens with one attached hydrogen (secondary N) is 1. The Balaban J connectivity index is 2.67. The predicted octanol–water partition coefficient (Wildman–Crippen LogP) is 2.19. The number of aromatic nitrogens is 2. The van der Waals surface area contributed by atoms with Gasteiger partial charge < -0.3 is 10.2 Å². The maximum Gasteiger partial charge on any atom is 0.157 e. The number of nitrogens with two attached hydrogens (primary N) is 1. The molecule has 0 aromatic carbocycles. The van der Waals surface area contributed by atoms with Crippen LogP contribution in [0.5, 0.6) is 0 Å². The minimum Gasteiger partial charge on any atom is -0.374 e. The maximum atomic E-state index is 5.38. The number of ether oxygens (including phenoxy) is 1. The van der Waals surface area contributed by atoms with Gasteiger partial charge in [-0.2, -0.15) is 0 Å². The molecule has 0 bridgehead atoms. The molecule has 0 amide bonds. The summed E-state index contributed by atoms with van der Waals surface area (Å²) in [6.45, 7) is 5.20. The van der Waals surface area contributed by atoms with Crippen LogP contribution in [-0.4, -0.2) is 22.3 Å². The lowest BCUT2D eigenvalue weighted by Crippen LogP contribution is -2.11. The van der Waals surface area contributed by atoms with Gasteiger partial charge in [-0.15, -0.1) is 11.8 Å². The second kappa shape index (κ2) is 8.27. The summed E-state index contributed by atoms with van der Waals surface area (Å²) >= 11 is 1.72. The molecule has 96 valence electrons. The molecule has 0 unspecified atom stereocenters. The molecule has 0 fully saturated rings. The zero-order chi connectivity index (χ0) is 12.5. The molecule has 0 aliphatic heterocycles. The van der Waals surface area contributed by atoms with Crippen molar-refractivity contribution in [1.29, 1.82) is 0 Å². The number of unbranched alkanes of at least 4 members (excludes halogenated alkanes) is 1. The number of thioether (sulfide) groups is 1. The fourth-order valence-electron chi connectivity index (χ4n) is 1.20. The summed E-state index contributed by atoms with van der Waals surface area (Å²) in [5.41, 5.74) is 2.55. The van der Waals surface area contributed by atoms with Crippen LogP contribution >= 0.6 is 11.8 Å². The Kier molecular flexibility index (Phi) is 6.91. The number of rotatable bonds is 8. The van der Waals surface area contributed by atoms with Crippen molar-refractivity contribution in [2.24, 2.45) is 5.84 Å². The molecule has 5 nitrogen and oxygen atoms in total. The first-order valence-corrected chi connectivity index (χ1v) is 6.83. The van der Waals surface area contributed by atoms with Crippen molar-refractivity contribution in [3.05, 3.63) is 11.9 Å². The Bertz CT molecular complexity index is 335. The molecule has 0 saturated heterocycles. The van der Waals surface area contributed by atoms with Crippen molar-refractivity contribution in [2.75, 3.05) is 17.8 Å². The van der Waals surface area contributed by atoms with Crippen molar-refractivity contribution in [2.45, 2.75) is 38.3 Å². The number of hydrazine groups is 1. The zero-order valence-electron chi connectivity index (χ0n) is 10.4. The van der Waals surface area contributed by atoms with Crippen molar-refractivity contribution in [3.63, 3.8) is 0 Å².